The van der Waals surface area contributed by atoms with Gasteiger partial charge in [0.05, 0.1) is 17.2 Å². The zero-order valence-electron chi connectivity index (χ0n) is 16.9. The molecule has 8 nitrogen and oxygen atoms in total. The quantitative estimate of drug-likeness (QED) is 0.241. The van der Waals surface area contributed by atoms with Crippen LogP contribution in [0.15, 0.2) is 90.1 Å². The first-order valence-electron chi connectivity index (χ1n) is 9.80. The molecule has 4 aromatic rings. The number of nitro groups is 1. The Kier molecular flexibility index (Phi) is 6.57. The normalized spacial score (nSPS) is 10.6. The predicted octanol–water partition coefficient (Wildman–Crippen LogP) is 4.63. The van der Waals surface area contributed by atoms with Crippen molar-refractivity contribution in [3.63, 3.8) is 0 Å². The molecule has 160 valence electrons. The summed E-state index contributed by atoms with van der Waals surface area (Å²) in [5.41, 5.74) is 2.02. The molecule has 0 saturated carbocycles. The van der Waals surface area contributed by atoms with Crippen LogP contribution in [0.2, 0.25) is 0 Å². The van der Waals surface area contributed by atoms with Crippen LogP contribution in [0.1, 0.15) is 5.56 Å². The van der Waals surface area contributed by atoms with Gasteiger partial charge in [-0.25, -0.2) is 0 Å². The van der Waals surface area contributed by atoms with E-state index in [1.807, 2.05) is 65.2 Å². The van der Waals surface area contributed by atoms with Gasteiger partial charge < -0.3 is 5.32 Å². The number of hydrogen-bond donors (Lipinski definition) is 1. The Hall–Kier alpha value is -3.98. The first-order valence-corrected chi connectivity index (χ1v) is 10.8. The molecule has 0 atom stereocenters. The maximum Gasteiger partial charge on any atom is 0.292 e. The number of aromatic nitrogens is 3. The Morgan fingerprint density at radius 2 is 1.59 bits per heavy atom. The summed E-state index contributed by atoms with van der Waals surface area (Å²) in [5, 5.41) is 23.0. The van der Waals surface area contributed by atoms with Crippen LogP contribution in [0.5, 0.6) is 0 Å². The third-order valence-corrected chi connectivity index (χ3v) is 5.61. The van der Waals surface area contributed by atoms with Gasteiger partial charge in [0.1, 0.15) is 5.69 Å². The molecule has 0 spiro atoms. The van der Waals surface area contributed by atoms with Crippen molar-refractivity contribution in [3.05, 3.63) is 101 Å². The molecule has 0 saturated heterocycles. The molecule has 0 aliphatic carbocycles. The molecular formula is C23H19N5O3S. The summed E-state index contributed by atoms with van der Waals surface area (Å²) < 4.78 is 1.97. The lowest BCUT2D eigenvalue weighted by molar-refractivity contribution is -0.383. The summed E-state index contributed by atoms with van der Waals surface area (Å²) in [4.78, 5) is 23.1. The lowest BCUT2D eigenvalue weighted by Crippen LogP contribution is -2.15. The van der Waals surface area contributed by atoms with Crippen LogP contribution in [0, 0.1) is 10.1 Å². The molecule has 32 heavy (non-hydrogen) atoms. The van der Waals surface area contributed by atoms with E-state index >= 15 is 0 Å². The van der Waals surface area contributed by atoms with Crippen molar-refractivity contribution < 1.29 is 9.72 Å². The lowest BCUT2D eigenvalue weighted by Gasteiger charge is -2.11. The van der Waals surface area contributed by atoms with Gasteiger partial charge in [0.25, 0.3) is 5.69 Å². The fourth-order valence-electron chi connectivity index (χ4n) is 3.16. The number of anilines is 1. The van der Waals surface area contributed by atoms with Crippen LogP contribution < -0.4 is 5.32 Å². The van der Waals surface area contributed by atoms with Crippen LogP contribution >= 0.6 is 11.8 Å². The molecule has 1 amide bonds. The number of para-hydroxylation sites is 2. The van der Waals surface area contributed by atoms with Gasteiger partial charge in [-0.05, 0) is 11.6 Å². The average Bonchev–Trinajstić information content (AvgIpc) is 3.21. The Labute approximate surface area is 188 Å². The molecular weight excluding hydrogens is 426 g/mol. The Morgan fingerprint density at radius 3 is 2.31 bits per heavy atom. The minimum Gasteiger partial charge on any atom is -0.320 e. The highest BCUT2D eigenvalue weighted by molar-refractivity contribution is 7.99. The van der Waals surface area contributed by atoms with Crippen LogP contribution in [0.3, 0.4) is 0 Å². The van der Waals surface area contributed by atoms with Crippen LogP contribution in [-0.4, -0.2) is 31.3 Å². The van der Waals surface area contributed by atoms with Gasteiger partial charge in [-0.3, -0.25) is 19.5 Å². The summed E-state index contributed by atoms with van der Waals surface area (Å²) in [7, 11) is 0. The zero-order chi connectivity index (χ0) is 22.3. The SMILES string of the molecule is O=C(CSc1nnc(-c2ccccc2)n1Cc1ccccc1)Nc1ccccc1[N+](=O)[O-]. The van der Waals surface area contributed by atoms with Crippen molar-refractivity contribution in [2.24, 2.45) is 0 Å². The lowest BCUT2D eigenvalue weighted by atomic mass is 10.2. The molecule has 0 radical (unpaired) electrons. The van der Waals surface area contributed by atoms with Crippen molar-refractivity contribution in [2.75, 3.05) is 11.1 Å². The number of amides is 1. The number of nitrogens with zero attached hydrogens (tertiary/aromatic N) is 4. The molecule has 0 fully saturated rings. The van der Waals surface area contributed by atoms with E-state index in [0.29, 0.717) is 17.5 Å². The van der Waals surface area contributed by atoms with E-state index in [-0.39, 0.29) is 23.0 Å². The maximum atomic E-state index is 12.5. The zero-order valence-corrected chi connectivity index (χ0v) is 17.7. The van der Waals surface area contributed by atoms with Crippen molar-refractivity contribution in [3.8, 4) is 11.4 Å². The predicted molar refractivity (Wildman–Crippen MR) is 123 cm³/mol. The highest BCUT2D eigenvalue weighted by Gasteiger charge is 2.18. The number of nitrogens with one attached hydrogen (secondary N) is 1. The van der Waals surface area contributed by atoms with E-state index in [9.17, 15) is 14.9 Å². The van der Waals surface area contributed by atoms with E-state index in [1.54, 1.807) is 12.1 Å². The molecule has 3 aromatic carbocycles. The number of rotatable bonds is 8. The monoisotopic (exact) mass is 445 g/mol. The van der Waals surface area contributed by atoms with E-state index < -0.39 is 4.92 Å². The van der Waals surface area contributed by atoms with E-state index in [0.717, 1.165) is 11.1 Å². The second-order valence-electron chi connectivity index (χ2n) is 6.86. The molecule has 1 N–H and O–H groups in total. The van der Waals surface area contributed by atoms with Crippen molar-refractivity contribution in [1.82, 2.24) is 14.8 Å². The number of nitro benzene ring substituents is 1. The van der Waals surface area contributed by atoms with Crippen molar-refractivity contribution in [1.29, 1.82) is 0 Å². The number of carbonyl (C=O) groups excluding carboxylic acids is 1. The van der Waals surface area contributed by atoms with Gasteiger partial charge in [0.2, 0.25) is 5.91 Å². The summed E-state index contributed by atoms with van der Waals surface area (Å²) in [6.07, 6.45) is 0. The number of benzene rings is 3. The van der Waals surface area contributed by atoms with Gasteiger partial charge in [-0.2, -0.15) is 0 Å². The Morgan fingerprint density at radius 1 is 0.938 bits per heavy atom. The molecule has 1 heterocycles. The summed E-state index contributed by atoms with van der Waals surface area (Å²) in [6, 6.07) is 25.7. The molecule has 0 aliphatic heterocycles. The summed E-state index contributed by atoms with van der Waals surface area (Å²) >= 11 is 1.23. The van der Waals surface area contributed by atoms with Gasteiger partial charge in [-0.1, -0.05) is 84.6 Å². The second-order valence-corrected chi connectivity index (χ2v) is 7.80. The van der Waals surface area contributed by atoms with Crippen molar-refractivity contribution >= 4 is 29.0 Å². The maximum absolute atomic E-state index is 12.5. The smallest absolute Gasteiger partial charge is 0.292 e. The van der Waals surface area contributed by atoms with Gasteiger partial charge in [0.15, 0.2) is 11.0 Å². The average molecular weight is 446 g/mol. The fraction of sp³-hybridized carbons (Fsp3) is 0.0870. The van der Waals surface area contributed by atoms with E-state index in [4.69, 9.17) is 0 Å². The minimum atomic E-state index is -0.522. The first kappa shape index (κ1) is 21.3. The fourth-order valence-corrected chi connectivity index (χ4v) is 3.90. The Balaban J connectivity index is 1.54. The van der Waals surface area contributed by atoms with E-state index in [2.05, 4.69) is 15.5 Å². The number of carbonyl (C=O) groups is 1. The second kappa shape index (κ2) is 9.88. The third kappa shape index (κ3) is 5.01. The highest BCUT2D eigenvalue weighted by Crippen LogP contribution is 2.27. The van der Waals surface area contributed by atoms with Crippen molar-refractivity contribution in [2.45, 2.75) is 11.7 Å². The first-order chi connectivity index (χ1) is 15.6. The van der Waals surface area contributed by atoms with Crippen LogP contribution in [-0.2, 0) is 11.3 Å². The number of thioether (sulfide) groups is 1. The highest BCUT2D eigenvalue weighted by atomic mass is 32.2. The van der Waals surface area contributed by atoms with E-state index in [1.165, 1.54) is 23.9 Å². The number of hydrogen-bond acceptors (Lipinski definition) is 6. The van der Waals surface area contributed by atoms with Crippen LogP contribution in [0.4, 0.5) is 11.4 Å². The Bertz CT molecular complexity index is 1230. The third-order valence-electron chi connectivity index (χ3n) is 4.64. The van der Waals surface area contributed by atoms with Gasteiger partial charge in [0, 0.05) is 11.6 Å². The summed E-state index contributed by atoms with van der Waals surface area (Å²) in [5.74, 6) is 0.379. The molecule has 9 heteroatoms. The summed E-state index contributed by atoms with van der Waals surface area (Å²) in [6.45, 7) is 0.548. The topological polar surface area (TPSA) is 103 Å². The standard InChI is InChI=1S/C23H19N5O3S/c29-21(24-19-13-7-8-14-20(19)28(30)31)16-32-23-26-25-22(18-11-5-2-6-12-18)27(23)15-17-9-3-1-4-10-17/h1-14H,15-16H2,(H,24,29). The van der Waals surface area contributed by atoms with Crippen LogP contribution in [0.25, 0.3) is 11.4 Å². The molecule has 0 unspecified atom stereocenters. The largest absolute Gasteiger partial charge is 0.320 e. The molecule has 0 bridgehead atoms. The molecule has 0 aliphatic rings. The minimum absolute atomic E-state index is 0.0355. The van der Waals surface area contributed by atoms with Gasteiger partial charge in [-0.15, -0.1) is 10.2 Å². The van der Waals surface area contributed by atoms with Gasteiger partial charge >= 0.3 is 0 Å². The molecule has 1 aromatic heterocycles. The molecule has 4 rings (SSSR count).